The third-order valence-electron chi connectivity index (χ3n) is 3.55. The minimum atomic E-state index is 0.231. The first kappa shape index (κ1) is 14.3. The van der Waals surface area contributed by atoms with Gasteiger partial charge in [0.2, 0.25) is 0 Å². The quantitative estimate of drug-likeness (QED) is 0.936. The fourth-order valence-corrected chi connectivity index (χ4v) is 2.68. The van der Waals surface area contributed by atoms with E-state index in [1.165, 1.54) is 11.3 Å². The van der Waals surface area contributed by atoms with Crippen LogP contribution in [-0.2, 0) is 6.42 Å². The average Bonchev–Trinajstić information content (AvgIpc) is 2.70. The van der Waals surface area contributed by atoms with Gasteiger partial charge in [-0.15, -0.1) is 0 Å². The summed E-state index contributed by atoms with van der Waals surface area (Å²) in [6.07, 6.45) is 3.78. The first-order chi connectivity index (χ1) is 9.02. The molecule has 2 rings (SSSR count). The van der Waals surface area contributed by atoms with Crippen molar-refractivity contribution in [3.63, 3.8) is 0 Å². The van der Waals surface area contributed by atoms with Crippen molar-refractivity contribution >= 4 is 15.9 Å². The Labute approximate surface area is 123 Å². The highest BCUT2D eigenvalue weighted by Gasteiger charge is 2.09. The van der Waals surface area contributed by atoms with E-state index in [1.807, 2.05) is 13.3 Å². The number of aryl methyl sites for hydroxylation is 1. The van der Waals surface area contributed by atoms with Gasteiger partial charge >= 0.3 is 0 Å². The first-order valence-corrected chi connectivity index (χ1v) is 7.37. The Morgan fingerprint density at radius 3 is 2.63 bits per heavy atom. The lowest BCUT2D eigenvalue weighted by Crippen LogP contribution is -2.21. The second-order valence-corrected chi connectivity index (χ2v) is 5.80. The molecule has 0 aliphatic rings. The van der Waals surface area contributed by atoms with Crippen LogP contribution in [0.5, 0.6) is 0 Å². The summed E-state index contributed by atoms with van der Waals surface area (Å²) in [4.78, 5) is 4.34. The SMILES string of the molecule is CCC(N)Cc1ccc(-n2cnc(C)c2C)c(Br)c1. The zero-order chi connectivity index (χ0) is 14.0. The van der Waals surface area contributed by atoms with Crippen molar-refractivity contribution in [2.45, 2.75) is 39.7 Å². The van der Waals surface area contributed by atoms with Crippen LogP contribution in [0.25, 0.3) is 5.69 Å². The van der Waals surface area contributed by atoms with Crippen molar-refractivity contribution < 1.29 is 0 Å². The lowest BCUT2D eigenvalue weighted by Gasteiger charge is -2.12. The Balaban J connectivity index is 2.32. The van der Waals surface area contributed by atoms with Gasteiger partial charge in [0.25, 0.3) is 0 Å². The minimum Gasteiger partial charge on any atom is -0.327 e. The normalized spacial score (nSPS) is 12.7. The van der Waals surface area contributed by atoms with Gasteiger partial charge < -0.3 is 10.3 Å². The summed E-state index contributed by atoms with van der Waals surface area (Å²) < 4.78 is 3.18. The Bertz CT molecular complexity index is 575. The number of nitrogens with two attached hydrogens (primary N) is 1. The van der Waals surface area contributed by atoms with Crippen LogP contribution in [0.4, 0.5) is 0 Å². The van der Waals surface area contributed by atoms with Crippen LogP contribution in [0.1, 0.15) is 30.3 Å². The molecule has 0 bridgehead atoms. The van der Waals surface area contributed by atoms with Crippen LogP contribution in [-0.4, -0.2) is 15.6 Å². The number of imidazole rings is 1. The molecule has 102 valence electrons. The first-order valence-electron chi connectivity index (χ1n) is 6.57. The summed E-state index contributed by atoms with van der Waals surface area (Å²) in [5.74, 6) is 0. The van der Waals surface area contributed by atoms with E-state index >= 15 is 0 Å². The highest BCUT2D eigenvalue weighted by Crippen LogP contribution is 2.25. The number of nitrogens with zero attached hydrogens (tertiary/aromatic N) is 2. The smallest absolute Gasteiger partial charge is 0.0997 e. The van der Waals surface area contributed by atoms with E-state index in [9.17, 15) is 0 Å². The Kier molecular flexibility index (Phi) is 4.42. The van der Waals surface area contributed by atoms with E-state index in [0.717, 1.165) is 28.7 Å². The van der Waals surface area contributed by atoms with Crippen LogP contribution >= 0.6 is 15.9 Å². The molecule has 3 nitrogen and oxygen atoms in total. The molecule has 1 aromatic heterocycles. The van der Waals surface area contributed by atoms with Gasteiger partial charge in [-0.2, -0.15) is 0 Å². The van der Waals surface area contributed by atoms with E-state index in [0.29, 0.717) is 0 Å². The summed E-state index contributed by atoms with van der Waals surface area (Å²) >= 11 is 3.65. The fourth-order valence-electron chi connectivity index (χ4n) is 2.06. The molecule has 0 aliphatic carbocycles. The van der Waals surface area contributed by atoms with Crippen molar-refractivity contribution in [1.82, 2.24) is 9.55 Å². The Morgan fingerprint density at radius 2 is 2.11 bits per heavy atom. The Hall–Kier alpha value is -1.13. The monoisotopic (exact) mass is 321 g/mol. The molecule has 0 amide bonds. The van der Waals surface area contributed by atoms with Crippen LogP contribution in [0.3, 0.4) is 0 Å². The molecule has 0 fully saturated rings. The van der Waals surface area contributed by atoms with Crippen LogP contribution in [0.2, 0.25) is 0 Å². The fraction of sp³-hybridized carbons (Fsp3) is 0.400. The van der Waals surface area contributed by atoms with Gasteiger partial charge in [0.1, 0.15) is 0 Å². The zero-order valence-corrected chi connectivity index (χ0v) is 13.2. The molecule has 0 spiro atoms. The van der Waals surface area contributed by atoms with Crippen LogP contribution in [0, 0.1) is 13.8 Å². The van der Waals surface area contributed by atoms with E-state index in [-0.39, 0.29) is 6.04 Å². The summed E-state index contributed by atoms with van der Waals surface area (Å²) in [6, 6.07) is 6.65. The molecule has 1 unspecified atom stereocenters. The lowest BCUT2D eigenvalue weighted by molar-refractivity contribution is 0.646. The molecular formula is C15H20BrN3. The minimum absolute atomic E-state index is 0.231. The molecule has 0 radical (unpaired) electrons. The van der Waals surface area contributed by atoms with Crippen molar-refractivity contribution in [3.8, 4) is 5.69 Å². The predicted molar refractivity (Wildman–Crippen MR) is 82.7 cm³/mol. The second kappa shape index (κ2) is 5.88. The average molecular weight is 322 g/mol. The molecule has 4 heteroatoms. The van der Waals surface area contributed by atoms with Gasteiger partial charge in [0, 0.05) is 16.2 Å². The molecule has 0 saturated heterocycles. The largest absolute Gasteiger partial charge is 0.327 e. The highest BCUT2D eigenvalue weighted by molar-refractivity contribution is 9.10. The predicted octanol–water partition coefficient (Wildman–Crippen LogP) is 3.53. The number of benzene rings is 1. The van der Waals surface area contributed by atoms with E-state index < -0.39 is 0 Å². The standard InChI is InChI=1S/C15H20BrN3/c1-4-13(17)7-12-5-6-15(14(16)8-12)19-9-18-10(2)11(19)3/h5-6,8-9,13H,4,7,17H2,1-3H3. The van der Waals surface area contributed by atoms with Gasteiger partial charge in [-0.3, -0.25) is 0 Å². The van der Waals surface area contributed by atoms with E-state index in [2.05, 4.69) is 57.5 Å². The molecule has 2 N–H and O–H groups in total. The third-order valence-corrected chi connectivity index (χ3v) is 4.18. The summed E-state index contributed by atoms with van der Waals surface area (Å²) in [6.45, 7) is 6.22. The van der Waals surface area contributed by atoms with Crippen molar-refractivity contribution in [2.24, 2.45) is 5.73 Å². The van der Waals surface area contributed by atoms with Gasteiger partial charge in [0.15, 0.2) is 0 Å². The Morgan fingerprint density at radius 1 is 1.37 bits per heavy atom. The molecular weight excluding hydrogens is 302 g/mol. The molecule has 1 heterocycles. The second-order valence-electron chi connectivity index (χ2n) is 4.94. The maximum Gasteiger partial charge on any atom is 0.0997 e. The molecule has 0 saturated carbocycles. The van der Waals surface area contributed by atoms with E-state index in [1.54, 1.807) is 0 Å². The van der Waals surface area contributed by atoms with Gasteiger partial charge in [0.05, 0.1) is 17.7 Å². The van der Waals surface area contributed by atoms with Gasteiger partial charge in [-0.1, -0.05) is 13.0 Å². The summed E-state index contributed by atoms with van der Waals surface area (Å²) in [5.41, 5.74) is 10.6. The topological polar surface area (TPSA) is 43.8 Å². The van der Waals surface area contributed by atoms with E-state index in [4.69, 9.17) is 5.73 Å². The number of hydrogen-bond donors (Lipinski definition) is 1. The molecule has 1 aromatic carbocycles. The molecule has 0 aliphatic heterocycles. The third kappa shape index (κ3) is 3.07. The van der Waals surface area contributed by atoms with Crippen molar-refractivity contribution in [2.75, 3.05) is 0 Å². The molecule has 2 aromatic rings. The van der Waals surface area contributed by atoms with Gasteiger partial charge in [-0.25, -0.2) is 4.98 Å². The lowest BCUT2D eigenvalue weighted by atomic mass is 10.0. The van der Waals surface area contributed by atoms with Crippen LogP contribution in [0.15, 0.2) is 29.0 Å². The number of hydrogen-bond acceptors (Lipinski definition) is 2. The summed E-state index contributed by atoms with van der Waals surface area (Å²) in [7, 11) is 0. The maximum absolute atomic E-state index is 6.00. The number of rotatable bonds is 4. The van der Waals surface area contributed by atoms with Crippen LogP contribution < -0.4 is 5.73 Å². The number of halogens is 1. The van der Waals surface area contributed by atoms with Gasteiger partial charge in [-0.05, 0) is 60.3 Å². The molecule has 19 heavy (non-hydrogen) atoms. The van der Waals surface area contributed by atoms with Crippen molar-refractivity contribution in [1.29, 1.82) is 0 Å². The summed E-state index contributed by atoms with van der Waals surface area (Å²) in [5, 5.41) is 0. The zero-order valence-electron chi connectivity index (χ0n) is 11.7. The van der Waals surface area contributed by atoms with Crippen molar-refractivity contribution in [3.05, 3.63) is 46.0 Å². The highest BCUT2D eigenvalue weighted by atomic mass is 79.9. The maximum atomic E-state index is 6.00. The molecule has 1 atom stereocenters. The number of aromatic nitrogens is 2.